The summed E-state index contributed by atoms with van der Waals surface area (Å²) in [5.74, 6) is -1.35. The number of carbonyl (C=O) groups is 2. The molecule has 0 aliphatic carbocycles. The fraction of sp³-hybridized carbons (Fsp3) is 0.222. The average molecular weight is 412 g/mol. The van der Waals surface area contributed by atoms with Gasteiger partial charge in [-0.05, 0) is 49.4 Å². The summed E-state index contributed by atoms with van der Waals surface area (Å²) < 4.78 is 36.6. The van der Waals surface area contributed by atoms with E-state index in [9.17, 15) is 18.0 Å². The molecule has 144 valence electrons. The van der Waals surface area contributed by atoms with Crippen LogP contribution in [0.15, 0.2) is 53.4 Å². The first-order chi connectivity index (χ1) is 12.8. The van der Waals surface area contributed by atoms with Gasteiger partial charge in [0.05, 0.1) is 29.9 Å². The third-order valence-electron chi connectivity index (χ3n) is 3.53. The topological polar surface area (TPSA) is 90.0 Å². The Kier molecular flexibility index (Phi) is 6.81. The van der Waals surface area contributed by atoms with Gasteiger partial charge in [0.1, 0.15) is 6.54 Å². The van der Waals surface area contributed by atoms with Gasteiger partial charge in [0.2, 0.25) is 0 Å². The van der Waals surface area contributed by atoms with Crippen LogP contribution in [0.1, 0.15) is 17.3 Å². The predicted octanol–water partition coefficient (Wildman–Crippen LogP) is 2.89. The lowest BCUT2D eigenvalue weighted by Gasteiger charge is -2.24. The van der Waals surface area contributed by atoms with Crippen LogP contribution in [0.4, 0.5) is 5.69 Å². The number of rotatable bonds is 7. The van der Waals surface area contributed by atoms with Crippen molar-refractivity contribution in [3.8, 4) is 0 Å². The van der Waals surface area contributed by atoms with Crippen molar-refractivity contribution in [2.75, 3.05) is 24.6 Å². The van der Waals surface area contributed by atoms with Crippen molar-refractivity contribution in [1.29, 1.82) is 0 Å². The van der Waals surface area contributed by atoms with Gasteiger partial charge in [-0.25, -0.2) is 13.2 Å². The number of hydrogen-bond donors (Lipinski definition) is 0. The number of ether oxygens (including phenoxy) is 2. The molecular formula is C18H18ClNO6S. The molecule has 0 aliphatic heterocycles. The predicted molar refractivity (Wildman–Crippen MR) is 100 cm³/mol. The highest BCUT2D eigenvalue weighted by Gasteiger charge is 2.28. The minimum atomic E-state index is -4.11. The van der Waals surface area contributed by atoms with Crippen LogP contribution in [0, 0.1) is 0 Å². The van der Waals surface area contributed by atoms with Gasteiger partial charge in [0, 0.05) is 5.02 Å². The van der Waals surface area contributed by atoms with E-state index in [0.29, 0.717) is 5.02 Å². The van der Waals surface area contributed by atoms with Gasteiger partial charge in [-0.15, -0.1) is 0 Å². The van der Waals surface area contributed by atoms with Crippen molar-refractivity contribution < 1.29 is 27.5 Å². The fourth-order valence-corrected chi connectivity index (χ4v) is 3.81. The summed E-state index contributed by atoms with van der Waals surface area (Å²) in [6, 6.07) is 11.3. The van der Waals surface area contributed by atoms with Crippen LogP contribution in [-0.2, 0) is 24.3 Å². The Balaban J connectivity index is 2.53. The van der Waals surface area contributed by atoms with E-state index >= 15 is 0 Å². The first-order valence-corrected chi connectivity index (χ1v) is 9.73. The molecule has 0 aromatic heterocycles. The second-order valence-corrected chi connectivity index (χ2v) is 7.61. The minimum absolute atomic E-state index is 0.0559. The quantitative estimate of drug-likeness (QED) is 0.651. The minimum Gasteiger partial charge on any atom is -0.465 e. The largest absolute Gasteiger partial charge is 0.465 e. The van der Waals surface area contributed by atoms with Crippen LogP contribution in [-0.4, -0.2) is 40.6 Å². The second kappa shape index (κ2) is 8.88. The number of sulfonamides is 1. The third-order valence-corrected chi connectivity index (χ3v) is 5.57. The smallest absolute Gasteiger partial charge is 0.337 e. The highest BCUT2D eigenvalue weighted by atomic mass is 35.5. The molecule has 27 heavy (non-hydrogen) atoms. The zero-order chi connectivity index (χ0) is 20.0. The van der Waals surface area contributed by atoms with Crippen molar-refractivity contribution in [3.05, 3.63) is 59.1 Å². The molecule has 0 amide bonds. The number of anilines is 1. The van der Waals surface area contributed by atoms with E-state index in [-0.39, 0.29) is 22.8 Å². The van der Waals surface area contributed by atoms with Crippen LogP contribution in [0.25, 0.3) is 0 Å². The molecule has 0 fully saturated rings. The average Bonchev–Trinajstić information content (AvgIpc) is 2.66. The van der Waals surface area contributed by atoms with E-state index in [0.717, 1.165) is 4.31 Å². The van der Waals surface area contributed by atoms with Gasteiger partial charge < -0.3 is 9.47 Å². The van der Waals surface area contributed by atoms with Crippen LogP contribution in [0.2, 0.25) is 5.02 Å². The molecular weight excluding hydrogens is 394 g/mol. The molecule has 0 bridgehead atoms. The number of benzene rings is 2. The number of carbonyl (C=O) groups excluding carboxylic acids is 2. The van der Waals surface area contributed by atoms with Crippen LogP contribution < -0.4 is 4.31 Å². The highest BCUT2D eigenvalue weighted by Crippen LogP contribution is 2.26. The van der Waals surface area contributed by atoms with E-state index in [1.54, 1.807) is 6.92 Å². The summed E-state index contributed by atoms with van der Waals surface area (Å²) in [7, 11) is -2.89. The molecule has 0 spiro atoms. The van der Waals surface area contributed by atoms with Crippen LogP contribution >= 0.6 is 11.6 Å². The number of esters is 2. The summed E-state index contributed by atoms with van der Waals surface area (Å²) in [6.07, 6.45) is 0. The molecule has 0 unspecified atom stereocenters. The number of hydrogen-bond acceptors (Lipinski definition) is 6. The van der Waals surface area contributed by atoms with Gasteiger partial charge in [-0.2, -0.15) is 0 Å². The number of nitrogens with zero attached hydrogens (tertiary/aromatic N) is 1. The lowest BCUT2D eigenvalue weighted by molar-refractivity contribution is -0.141. The van der Waals surface area contributed by atoms with Crippen molar-refractivity contribution in [2.45, 2.75) is 11.8 Å². The van der Waals surface area contributed by atoms with E-state index in [1.807, 2.05) is 0 Å². The number of halogens is 1. The Morgan fingerprint density at radius 3 is 2.37 bits per heavy atom. The van der Waals surface area contributed by atoms with Gasteiger partial charge in [0.25, 0.3) is 10.0 Å². The first-order valence-electron chi connectivity index (χ1n) is 7.92. The molecule has 2 aromatic carbocycles. The van der Waals surface area contributed by atoms with Crippen molar-refractivity contribution in [1.82, 2.24) is 0 Å². The first kappa shape index (κ1) is 20.7. The Morgan fingerprint density at radius 1 is 1.11 bits per heavy atom. The van der Waals surface area contributed by atoms with E-state index in [2.05, 4.69) is 4.74 Å². The van der Waals surface area contributed by atoms with Gasteiger partial charge in [0.15, 0.2) is 0 Å². The summed E-state index contributed by atoms with van der Waals surface area (Å²) in [5.41, 5.74) is 0.274. The monoisotopic (exact) mass is 411 g/mol. The molecule has 0 aliphatic rings. The molecule has 0 atom stereocenters. The molecule has 0 saturated heterocycles. The molecule has 7 nitrogen and oxygen atoms in total. The Hall–Kier alpha value is -2.58. The van der Waals surface area contributed by atoms with E-state index in [4.69, 9.17) is 16.3 Å². The third kappa shape index (κ3) is 4.99. The summed E-state index contributed by atoms with van der Waals surface area (Å²) in [6.45, 7) is 1.17. The van der Waals surface area contributed by atoms with Crippen molar-refractivity contribution >= 4 is 39.3 Å². The SMILES string of the molecule is CCOC(=O)CN(c1cccc(C(=O)OC)c1)S(=O)(=O)c1ccc(Cl)cc1. The normalized spacial score (nSPS) is 10.9. The Labute approximate surface area is 162 Å². The van der Waals surface area contributed by atoms with Crippen LogP contribution in [0.5, 0.6) is 0 Å². The van der Waals surface area contributed by atoms with E-state index in [1.165, 1.54) is 55.6 Å². The number of methoxy groups -OCH3 is 1. The summed E-state index contributed by atoms with van der Waals surface area (Å²) >= 11 is 5.82. The molecule has 0 N–H and O–H groups in total. The van der Waals surface area contributed by atoms with Crippen molar-refractivity contribution in [2.24, 2.45) is 0 Å². The zero-order valence-corrected chi connectivity index (χ0v) is 16.3. The molecule has 2 aromatic rings. The standard InChI is InChI=1S/C18H18ClNO6S/c1-3-26-17(21)12-20(15-6-4-5-13(11-15)18(22)25-2)27(23,24)16-9-7-14(19)8-10-16/h4-11H,3,12H2,1-2H3. The molecule has 2 rings (SSSR count). The van der Waals surface area contributed by atoms with Gasteiger partial charge in [-0.1, -0.05) is 17.7 Å². The van der Waals surface area contributed by atoms with Crippen molar-refractivity contribution in [3.63, 3.8) is 0 Å². The van der Waals surface area contributed by atoms with Gasteiger partial charge in [-0.3, -0.25) is 9.10 Å². The summed E-state index contributed by atoms with van der Waals surface area (Å²) in [5, 5.41) is 0.374. The highest BCUT2D eigenvalue weighted by molar-refractivity contribution is 7.92. The maximum absolute atomic E-state index is 13.1. The van der Waals surface area contributed by atoms with E-state index < -0.39 is 28.5 Å². The molecule has 0 saturated carbocycles. The Morgan fingerprint density at radius 2 is 1.78 bits per heavy atom. The Bertz CT molecular complexity index is 927. The maximum atomic E-state index is 13.1. The van der Waals surface area contributed by atoms with Crippen LogP contribution in [0.3, 0.4) is 0 Å². The molecule has 9 heteroatoms. The lowest BCUT2D eigenvalue weighted by atomic mass is 10.2. The zero-order valence-electron chi connectivity index (χ0n) is 14.7. The fourth-order valence-electron chi connectivity index (χ4n) is 2.28. The van der Waals surface area contributed by atoms with Gasteiger partial charge >= 0.3 is 11.9 Å². The molecule has 0 radical (unpaired) electrons. The lowest BCUT2D eigenvalue weighted by Crippen LogP contribution is -2.36. The molecule has 0 heterocycles. The second-order valence-electron chi connectivity index (χ2n) is 5.31. The maximum Gasteiger partial charge on any atom is 0.337 e. The summed E-state index contributed by atoms with van der Waals surface area (Å²) in [4.78, 5) is 23.7.